The maximum absolute atomic E-state index is 12.3. The molecule has 4 aromatic carbocycles. The minimum atomic E-state index is -0.402. The molecule has 4 aromatic rings. The molecule has 0 bridgehead atoms. The SMILES string of the molecule is O=C(NCCC=Cc1ccc(O)c2ccccc12)OCC1c2ccccc2-c2ccccc21. The fourth-order valence-electron chi connectivity index (χ4n) is 4.57. The first-order valence-electron chi connectivity index (χ1n) is 11.2. The van der Waals surface area contributed by atoms with E-state index in [1.165, 1.54) is 22.3 Å². The Morgan fingerprint density at radius 1 is 0.848 bits per heavy atom. The number of hydrogen-bond donors (Lipinski definition) is 2. The highest BCUT2D eigenvalue weighted by molar-refractivity contribution is 5.94. The largest absolute Gasteiger partial charge is 0.507 e. The third-order valence-electron chi connectivity index (χ3n) is 6.16. The third kappa shape index (κ3) is 4.20. The number of alkyl carbamates (subject to hydrolysis) is 1. The van der Waals surface area contributed by atoms with Gasteiger partial charge in [0.1, 0.15) is 12.4 Å². The number of fused-ring (bicyclic) bond motifs is 4. The number of nitrogens with one attached hydrogen (secondary N) is 1. The molecule has 4 heteroatoms. The number of phenols is 1. The Morgan fingerprint density at radius 3 is 2.21 bits per heavy atom. The van der Waals surface area contributed by atoms with Crippen molar-refractivity contribution in [2.24, 2.45) is 0 Å². The summed E-state index contributed by atoms with van der Waals surface area (Å²) < 4.78 is 5.57. The quantitative estimate of drug-likeness (QED) is 0.341. The summed E-state index contributed by atoms with van der Waals surface area (Å²) in [6.45, 7) is 0.804. The van der Waals surface area contributed by atoms with Crippen molar-refractivity contribution >= 4 is 22.9 Å². The molecule has 0 aromatic heterocycles. The van der Waals surface area contributed by atoms with Gasteiger partial charge in [0, 0.05) is 17.8 Å². The average molecular weight is 436 g/mol. The molecule has 0 spiro atoms. The summed E-state index contributed by atoms with van der Waals surface area (Å²) in [6, 6.07) is 28.0. The van der Waals surface area contributed by atoms with Crippen LogP contribution in [-0.2, 0) is 4.74 Å². The first-order chi connectivity index (χ1) is 16.2. The Kier molecular flexibility index (Phi) is 5.81. The van der Waals surface area contributed by atoms with Crippen LogP contribution in [-0.4, -0.2) is 24.4 Å². The van der Waals surface area contributed by atoms with Crippen LogP contribution in [0.15, 0.2) is 91.0 Å². The smallest absolute Gasteiger partial charge is 0.407 e. The van der Waals surface area contributed by atoms with Gasteiger partial charge in [-0.15, -0.1) is 0 Å². The number of amides is 1. The first-order valence-corrected chi connectivity index (χ1v) is 11.2. The van der Waals surface area contributed by atoms with Gasteiger partial charge in [0.05, 0.1) is 0 Å². The van der Waals surface area contributed by atoms with Gasteiger partial charge in [-0.3, -0.25) is 0 Å². The molecule has 4 nitrogen and oxygen atoms in total. The molecule has 0 unspecified atom stereocenters. The van der Waals surface area contributed by atoms with Gasteiger partial charge in [-0.05, 0) is 45.7 Å². The van der Waals surface area contributed by atoms with E-state index < -0.39 is 6.09 Å². The van der Waals surface area contributed by atoms with E-state index >= 15 is 0 Å². The van der Waals surface area contributed by atoms with Gasteiger partial charge >= 0.3 is 6.09 Å². The van der Waals surface area contributed by atoms with Crippen molar-refractivity contribution in [2.45, 2.75) is 12.3 Å². The first kappa shape index (κ1) is 20.8. The topological polar surface area (TPSA) is 58.6 Å². The van der Waals surface area contributed by atoms with E-state index in [1.54, 1.807) is 6.07 Å². The maximum Gasteiger partial charge on any atom is 0.407 e. The van der Waals surface area contributed by atoms with Crippen LogP contribution in [0, 0.1) is 0 Å². The minimum Gasteiger partial charge on any atom is -0.507 e. The number of benzene rings is 4. The highest BCUT2D eigenvalue weighted by Gasteiger charge is 2.28. The van der Waals surface area contributed by atoms with Gasteiger partial charge in [-0.2, -0.15) is 0 Å². The average Bonchev–Trinajstić information content (AvgIpc) is 3.18. The zero-order valence-corrected chi connectivity index (χ0v) is 18.2. The zero-order valence-electron chi connectivity index (χ0n) is 18.2. The lowest BCUT2D eigenvalue weighted by atomic mass is 9.98. The normalized spacial score (nSPS) is 12.6. The number of carbonyl (C=O) groups excluding carboxylic acids is 1. The third-order valence-corrected chi connectivity index (χ3v) is 6.16. The molecule has 33 heavy (non-hydrogen) atoms. The van der Waals surface area contributed by atoms with E-state index in [-0.39, 0.29) is 11.7 Å². The maximum atomic E-state index is 12.3. The lowest BCUT2D eigenvalue weighted by molar-refractivity contribution is 0.143. The van der Waals surface area contributed by atoms with Gasteiger partial charge < -0.3 is 15.2 Å². The predicted octanol–water partition coefficient (Wildman–Crippen LogP) is 6.49. The van der Waals surface area contributed by atoms with Crippen LogP contribution in [0.1, 0.15) is 29.0 Å². The van der Waals surface area contributed by atoms with Crippen molar-refractivity contribution in [3.05, 3.63) is 108 Å². The second kappa shape index (κ2) is 9.21. The van der Waals surface area contributed by atoms with E-state index in [9.17, 15) is 9.90 Å². The number of phenolic OH excluding ortho intramolecular Hbond substituents is 1. The van der Waals surface area contributed by atoms with E-state index in [0.717, 1.165) is 16.3 Å². The summed E-state index contributed by atoms with van der Waals surface area (Å²) in [5, 5.41) is 14.7. The molecular weight excluding hydrogens is 410 g/mol. The Morgan fingerprint density at radius 2 is 1.48 bits per heavy atom. The van der Waals surface area contributed by atoms with Gasteiger partial charge in [-0.1, -0.05) is 91.0 Å². The molecule has 0 aliphatic heterocycles. The minimum absolute atomic E-state index is 0.0609. The highest BCUT2D eigenvalue weighted by Crippen LogP contribution is 2.44. The number of aromatic hydroxyl groups is 1. The van der Waals surface area contributed by atoms with Gasteiger partial charge in [0.15, 0.2) is 0 Å². The molecule has 164 valence electrons. The Balaban J connectivity index is 1.15. The highest BCUT2D eigenvalue weighted by atomic mass is 16.5. The van der Waals surface area contributed by atoms with Gasteiger partial charge in [-0.25, -0.2) is 4.79 Å². The van der Waals surface area contributed by atoms with E-state index in [1.807, 2.05) is 66.7 Å². The number of hydrogen-bond acceptors (Lipinski definition) is 3. The summed E-state index contributed by atoms with van der Waals surface area (Å²) in [4.78, 5) is 12.3. The fraction of sp³-hybridized carbons (Fsp3) is 0.138. The van der Waals surface area contributed by atoms with Gasteiger partial charge in [0.2, 0.25) is 0 Å². The van der Waals surface area contributed by atoms with Gasteiger partial charge in [0.25, 0.3) is 0 Å². The Bertz CT molecular complexity index is 1300. The van der Waals surface area contributed by atoms with Crippen molar-refractivity contribution in [3.63, 3.8) is 0 Å². The number of rotatable bonds is 6. The Labute approximate surface area is 193 Å². The monoisotopic (exact) mass is 435 g/mol. The summed E-state index contributed by atoms with van der Waals surface area (Å²) in [5.41, 5.74) is 5.87. The van der Waals surface area contributed by atoms with Crippen molar-refractivity contribution in [1.82, 2.24) is 5.32 Å². The van der Waals surface area contributed by atoms with Crippen molar-refractivity contribution < 1.29 is 14.6 Å². The van der Waals surface area contributed by atoms with Crippen LogP contribution < -0.4 is 5.32 Å². The summed E-state index contributed by atoms with van der Waals surface area (Å²) in [5.74, 6) is 0.338. The predicted molar refractivity (Wildman–Crippen MR) is 132 cm³/mol. The fourth-order valence-corrected chi connectivity index (χ4v) is 4.57. The molecule has 2 N–H and O–H groups in total. The van der Waals surface area contributed by atoms with Crippen molar-refractivity contribution in [2.75, 3.05) is 13.2 Å². The zero-order chi connectivity index (χ0) is 22.6. The second-order valence-electron chi connectivity index (χ2n) is 8.16. The summed E-state index contributed by atoms with van der Waals surface area (Å²) >= 11 is 0. The van der Waals surface area contributed by atoms with Crippen LogP contribution in [0.25, 0.3) is 28.0 Å². The molecule has 0 heterocycles. The molecule has 0 radical (unpaired) electrons. The molecule has 5 rings (SSSR count). The molecule has 0 saturated heterocycles. The van der Waals surface area contributed by atoms with E-state index in [0.29, 0.717) is 19.6 Å². The lowest BCUT2D eigenvalue weighted by Crippen LogP contribution is -2.26. The van der Waals surface area contributed by atoms with Crippen LogP contribution in [0.5, 0.6) is 5.75 Å². The molecule has 1 amide bonds. The van der Waals surface area contributed by atoms with E-state index in [4.69, 9.17) is 4.74 Å². The molecular formula is C29H25NO3. The lowest BCUT2D eigenvalue weighted by Gasteiger charge is -2.14. The number of carbonyl (C=O) groups is 1. The molecule has 1 aliphatic rings. The second-order valence-corrected chi connectivity index (χ2v) is 8.16. The molecule has 0 atom stereocenters. The number of ether oxygens (including phenoxy) is 1. The van der Waals surface area contributed by atoms with Crippen LogP contribution in [0.2, 0.25) is 0 Å². The van der Waals surface area contributed by atoms with E-state index in [2.05, 4.69) is 29.6 Å². The standard InChI is InChI=1S/C29H25NO3/c31-28-17-16-20(21-10-1-6-15-26(21)28)9-7-8-18-30-29(32)33-19-27-24-13-4-2-11-22(24)23-12-3-5-14-25(23)27/h1-7,9-17,27,31H,8,18-19H2,(H,30,32). The molecule has 1 aliphatic carbocycles. The van der Waals surface area contributed by atoms with Crippen molar-refractivity contribution in [3.8, 4) is 16.9 Å². The van der Waals surface area contributed by atoms with Crippen LogP contribution >= 0.6 is 0 Å². The molecule has 0 fully saturated rings. The summed E-state index contributed by atoms with van der Waals surface area (Å²) in [6.07, 6.45) is 4.31. The van der Waals surface area contributed by atoms with Crippen LogP contribution in [0.3, 0.4) is 0 Å². The Hall–Kier alpha value is -4.05. The summed E-state index contributed by atoms with van der Waals surface area (Å²) in [7, 11) is 0. The molecule has 0 saturated carbocycles. The van der Waals surface area contributed by atoms with Crippen molar-refractivity contribution in [1.29, 1.82) is 0 Å². The van der Waals surface area contributed by atoms with Crippen LogP contribution in [0.4, 0.5) is 4.79 Å².